The van der Waals surface area contributed by atoms with E-state index in [9.17, 15) is 9.59 Å². The third-order valence-corrected chi connectivity index (χ3v) is 5.12. The van der Waals surface area contributed by atoms with Gasteiger partial charge in [0, 0.05) is 30.2 Å². The Balaban J connectivity index is 1.89. The van der Waals surface area contributed by atoms with Crippen LogP contribution in [-0.2, 0) is 16.1 Å². The molecule has 2 amide bonds. The molecule has 2 aliphatic rings. The maximum Gasteiger partial charge on any atom is 0.274 e. The summed E-state index contributed by atoms with van der Waals surface area (Å²) in [4.78, 5) is 26.4. The first-order valence-electron chi connectivity index (χ1n) is 8.49. The average Bonchev–Trinajstić information content (AvgIpc) is 2.76. The Kier molecular flexibility index (Phi) is 4.96. The summed E-state index contributed by atoms with van der Waals surface area (Å²) in [5.74, 6) is 0.0829. The molecule has 0 radical (unpaired) electrons. The minimum atomic E-state index is -0.603. The lowest BCUT2D eigenvalue weighted by atomic mass is 9.69. The van der Waals surface area contributed by atoms with E-state index in [1.807, 2.05) is 11.8 Å². The summed E-state index contributed by atoms with van der Waals surface area (Å²) in [6.45, 7) is 3.24. The Labute approximate surface area is 146 Å². The fraction of sp³-hybridized carbons (Fsp3) is 0.556. The normalized spacial score (nSPS) is 21.4. The van der Waals surface area contributed by atoms with E-state index in [4.69, 9.17) is 14.7 Å². The predicted octanol–water partition coefficient (Wildman–Crippen LogP) is 1.73. The van der Waals surface area contributed by atoms with Crippen molar-refractivity contribution in [2.24, 2.45) is 5.41 Å². The summed E-state index contributed by atoms with van der Waals surface area (Å²) in [7, 11) is 1.59. The molecule has 25 heavy (non-hydrogen) atoms. The minimum Gasteiger partial charge on any atom is -0.486 e. The molecule has 1 aromatic rings. The van der Waals surface area contributed by atoms with E-state index in [1.165, 1.54) is 0 Å². The van der Waals surface area contributed by atoms with Crippen molar-refractivity contribution in [2.75, 3.05) is 20.3 Å². The number of rotatable bonds is 4. The highest BCUT2D eigenvalue weighted by Crippen LogP contribution is 2.42. The van der Waals surface area contributed by atoms with Gasteiger partial charge in [-0.15, -0.1) is 0 Å². The van der Waals surface area contributed by atoms with Gasteiger partial charge in [0.05, 0.1) is 13.2 Å². The summed E-state index contributed by atoms with van der Waals surface area (Å²) in [5.41, 5.74) is 2.47. The molecule has 0 aromatic heterocycles. The number of hydroxylamine groups is 1. The van der Waals surface area contributed by atoms with Crippen LogP contribution in [0.4, 0.5) is 0 Å². The number of amides is 2. The summed E-state index contributed by atoms with van der Waals surface area (Å²) < 4.78 is 11.2. The van der Waals surface area contributed by atoms with Crippen molar-refractivity contribution in [3.05, 3.63) is 29.3 Å². The fourth-order valence-electron chi connectivity index (χ4n) is 3.46. The summed E-state index contributed by atoms with van der Waals surface area (Å²) in [5, 5.41) is 8.81. The topological polar surface area (TPSA) is 88.1 Å². The molecule has 1 atom stereocenters. The third kappa shape index (κ3) is 3.48. The van der Waals surface area contributed by atoms with E-state index in [0.29, 0.717) is 31.0 Å². The van der Waals surface area contributed by atoms with Crippen molar-refractivity contribution in [3.63, 3.8) is 0 Å². The molecular weight excluding hydrogens is 324 g/mol. The molecule has 0 bridgehead atoms. The Hall–Kier alpha value is -2.12. The molecular formula is C18H24N2O5. The highest BCUT2D eigenvalue weighted by Gasteiger charge is 2.43. The standard InChI is InChI=1S/C18H24N2O5/c1-18(6-3-7-18)17(22)20-9-13-5-4-12(16(21)19-23)8-15(13)25-14(10-20)11-24-2/h4-5,8,14,23H,3,6-7,9-11H2,1-2H3,(H,19,21)/t14-/m0/s1. The van der Waals surface area contributed by atoms with E-state index >= 15 is 0 Å². The zero-order valence-electron chi connectivity index (χ0n) is 14.6. The second kappa shape index (κ2) is 7.01. The number of benzene rings is 1. The Morgan fingerprint density at radius 3 is 2.80 bits per heavy atom. The molecule has 3 rings (SSSR count). The number of carbonyl (C=O) groups excluding carboxylic acids is 2. The van der Waals surface area contributed by atoms with Crippen molar-refractivity contribution in [3.8, 4) is 5.75 Å². The number of hydrogen-bond donors (Lipinski definition) is 2. The van der Waals surface area contributed by atoms with Crippen LogP contribution >= 0.6 is 0 Å². The molecule has 0 unspecified atom stereocenters. The number of hydrogen-bond acceptors (Lipinski definition) is 5. The fourth-order valence-corrected chi connectivity index (χ4v) is 3.46. The molecule has 7 heteroatoms. The van der Waals surface area contributed by atoms with Gasteiger partial charge in [0.1, 0.15) is 11.9 Å². The number of ether oxygens (including phenoxy) is 2. The van der Waals surface area contributed by atoms with Crippen LogP contribution in [0, 0.1) is 5.41 Å². The number of fused-ring (bicyclic) bond motifs is 1. The van der Waals surface area contributed by atoms with Gasteiger partial charge >= 0.3 is 0 Å². The van der Waals surface area contributed by atoms with Crippen LogP contribution < -0.4 is 10.2 Å². The summed E-state index contributed by atoms with van der Waals surface area (Å²) in [6, 6.07) is 4.96. The van der Waals surface area contributed by atoms with Gasteiger partial charge in [-0.3, -0.25) is 14.8 Å². The van der Waals surface area contributed by atoms with Gasteiger partial charge in [0.2, 0.25) is 5.91 Å². The highest BCUT2D eigenvalue weighted by molar-refractivity contribution is 5.94. The van der Waals surface area contributed by atoms with Crippen LogP contribution in [0.3, 0.4) is 0 Å². The maximum absolute atomic E-state index is 13.0. The quantitative estimate of drug-likeness (QED) is 0.639. The number of methoxy groups -OCH3 is 1. The van der Waals surface area contributed by atoms with Crippen molar-refractivity contribution in [1.29, 1.82) is 0 Å². The summed E-state index contributed by atoms with van der Waals surface area (Å²) in [6.07, 6.45) is 2.61. The molecule has 0 spiro atoms. The van der Waals surface area contributed by atoms with Gasteiger partial charge in [0.15, 0.2) is 0 Å². The molecule has 7 nitrogen and oxygen atoms in total. The Morgan fingerprint density at radius 2 is 2.20 bits per heavy atom. The van der Waals surface area contributed by atoms with Crippen LogP contribution in [0.25, 0.3) is 0 Å². The second-order valence-electron chi connectivity index (χ2n) is 7.06. The molecule has 0 saturated heterocycles. The Morgan fingerprint density at radius 1 is 1.44 bits per heavy atom. The monoisotopic (exact) mass is 348 g/mol. The van der Waals surface area contributed by atoms with Crippen LogP contribution in [0.5, 0.6) is 5.75 Å². The molecule has 2 N–H and O–H groups in total. The minimum absolute atomic E-state index is 0.147. The number of carbonyl (C=O) groups is 2. The van der Waals surface area contributed by atoms with Crippen molar-refractivity contribution < 1.29 is 24.3 Å². The largest absolute Gasteiger partial charge is 0.486 e. The van der Waals surface area contributed by atoms with Crippen LogP contribution in [0.2, 0.25) is 0 Å². The first-order valence-corrected chi connectivity index (χ1v) is 8.49. The van der Waals surface area contributed by atoms with E-state index in [0.717, 1.165) is 24.8 Å². The van der Waals surface area contributed by atoms with E-state index in [1.54, 1.807) is 30.8 Å². The summed E-state index contributed by atoms with van der Waals surface area (Å²) >= 11 is 0. The van der Waals surface area contributed by atoms with Gasteiger partial charge in [-0.2, -0.15) is 0 Å². The Bertz CT molecular complexity index is 671. The smallest absolute Gasteiger partial charge is 0.274 e. The lowest BCUT2D eigenvalue weighted by Crippen LogP contribution is -2.48. The number of nitrogens with zero attached hydrogens (tertiary/aromatic N) is 1. The molecule has 1 heterocycles. The highest BCUT2D eigenvalue weighted by atomic mass is 16.5. The van der Waals surface area contributed by atoms with Gasteiger partial charge < -0.3 is 14.4 Å². The second-order valence-corrected chi connectivity index (χ2v) is 7.06. The predicted molar refractivity (Wildman–Crippen MR) is 89.4 cm³/mol. The van der Waals surface area contributed by atoms with Crippen molar-refractivity contribution in [2.45, 2.75) is 38.8 Å². The van der Waals surface area contributed by atoms with Gasteiger partial charge in [-0.1, -0.05) is 19.4 Å². The SMILES string of the molecule is COC[C@@H]1CN(C(=O)C2(C)CCC2)Cc2ccc(C(=O)NO)cc2O1. The first kappa shape index (κ1) is 17.7. The van der Waals surface area contributed by atoms with Crippen molar-refractivity contribution >= 4 is 11.8 Å². The maximum atomic E-state index is 13.0. The van der Waals surface area contributed by atoms with Gasteiger partial charge in [-0.25, -0.2) is 5.48 Å². The zero-order valence-corrected chi connectivity index (χ0v) is 14.6. The van der Waals surface area contributed by atoms with Gasteiger partial charge in [-0.05, 0) is 25.0 Å². The lowest BCUT2D eigenvalue weighted by molar-refractivity contribution is -0.147. The van der Waals surface area contributed by atoms with Crippen LogP contribution in [0.1, 0.15) is 42.1 Å². The average molecular weight is 348 g/mol. The third-order valence-electron chi connectivity index (χ3n) is 5.12. The van der Waals surface area contributed by atoms with Crippen molar-refractivity contribution in [1.82, 2.24) is 10.4 Å². The first-order chi connectivity index (χ1) is 12.0. The van der Waals surface area contributed by atoms with E-state index < -0.39 is 5.91 Å². The van der Waals surface area contributed by atoms with E-state index in [2.05, 4.69) is 0 Å². The van der Waals surface area contributed by atoms with Gasteiger partial charge in [0.25, 0.3) is 5.91 Å². The zero-order chi connectivity index (χ0) is 18.0. The lowest BCUT2D eigenvalue weighted by Gasteiger charge is -2.40. The molecule has 1 saturated carbocycles. The van der Waals surface area contributed by atoms with Crippen LogP contribution in [0.15, 0.2) is 18.2 Å². The van der Waals surface area contributed by atoms with Crippen LogP contribution in [-0.4, -0.2) is 48.3 Å². The molecule has 1 aliphatic heterocycles. The van der Waals surface area contributed by atoms with E-state index in [-0.39, 0.29) is 17.4 Å². The molecule has 1 aliphatic carbocycles. The molecule has 136 valence electrons. The molecule has 1 aromatic carbocycles. The number of nitrogens with one attached hydrogen (secondary N) is 1. The molecule has 1 fully saturated rings.